The van der Waals surface area contributed by atoms with Crippen molar-refractivity contribution >= 4 is 11.8 Å². The molecule has 1 heterocycles. The molecule has 2 rings (SSSR count). The van der Waals surface area contributed by atoms with Crippen molar-refractivity contribution in [3.8, 4) is 0 Å². The second kappa shape index (κ2) is 7.12. The molecule has 0 aliphatic heterocycles. The first-order chi connectivity index (χ1) is 8.40. The van der Waals surface area contributed by atoms with E-state index in [4.69, 9.17) is 4.42 Å². The first-order valence-corrected chi connectivity index (χ1v) is 7.83. The average molecular weight is 253 g/mol. The number of hydrogen-bond acceptors (Lipinski definition) is 3. The van der Waals surface area contributed by atoms with Gasteiger partial charge in [-0.2, -0.15) is 11.8 Å². The van der Waals surface area contributed by atoms with Gasteiger partial charge in [0.15, 0.2) is 0 Å². The lowest BCUT2D eigenvalue weighted by atomic mass is 10.2. The van der Waals surface area contributed by atoms with Crippen molar-refractivity contribution < 1.29 is 4.42 Å². The molecule has 1 aliphatic carbocycles. The molecule has 1 saturated carbocycles. The van der Waals surface area contributed by atoms with Crippen LogP contribution in [0.25, 0.3) is 0 Å². The third-order valence-corrected chi connectivity index (χ3v) is 4.80. The lowest BCUT2D eigenvalue weighted by Gasteiger charge is -2.18. The second-order valence-electron chi connectivity index (χ2n) is 4.76. The first kappa shape index (κ1) is 13.0. The summed E-state index contributed by atoms with van der Waals surface area (Å²) in [7, 11) is 0. The zero-order valence-electron chi connectivity index (χ0n) is 10.7. The highest BCUT2D eigenvalue weighted by Gasteiger charge is 2.19. The van der Waals surface area contributed by atoms with Gasteiger partial charge < -0.3 is 9.73 Å². The molecule has 96 valence electrons. The fourth-order valence-corrected chi connectivity index (χ4v) is 3.75. The van der Waals surface area contributed by atoms with Crippen molar-refractivity contribution in [2.75, 3.05) is 12.3 Å². The summed E-state index contributed by atoms with van der Waals surface area (Å²) in [6.07, 6.45) is 8.60. The fourth-order valence-electron chi connectivity index (χ4n) is 2.34. The highest BCUT2D eigenvalue weighted by Crippen LogP contribution is 2.32. The van der Waals surface area contributed by atoms with Crippen LogP contribution in [0.3, 0.4) is 0 Å². The Morgan fingerprint density at radius 2 is 2.29 bits per heavy atom. The van der Waals surface area contributed by atoms with Crippen LogP contribution in [0, 0.1) is 0 Å². The predicted molar refractivity (Wildman–Crippen MR) is 74.5 cm³/mol. The minimum Gasteiger partial charge on any atom is -0.468 e. The zero-order chi connectivity index (χ0) is 11.9. The third kappa shape index (κ3) is 4.07. The Kier molecular flexibility index (Phi) is 5.46. The predicted octanol–water partition coefficient (Wildman–Crippen LogP) is 4.00. The van der Waals surface area contributed by atoms with E-state index in [-0.39, 0.29) is 0 Å². The summed E-state index contributed by atoms with van der Waals surface area (Å²) in [5.41, 5.74) is 0. The zero-order valence-corrected chi connectivity index (χ0v) is 11.5. The number of thioether (sulfide) groups is 1. The molecule has 1 aromatic rings. The molecule has 2 nitrogen and oxygen atoms in total. The quantitative estimate of drug-likeness (QED) is 0.795. The van der Waals surface area contributed by atoms with Gasteiger partial charge in [0.1, 0.15) is 5.76 Å². The van der Waals surface area contributed by atoms with E-state index in [9.17, 15) is 0 Å². The molecule has 17 heavy (non-hydrogen) atoms. The van der Waals surface area contributed by atoms with E-state index in [0.29, 0.717) is 6.04 Å². The minimum absolute atomic E-state index is 0.385. The maximum absolute atomic E-state index is 5.53. The number of furan rings is 1. The topological polar surface area (TPSA) is 25.2 Å². The molecule has 1 aliphatic rings. The highest BCUT2D eigenvalue weighted by atomic mass is 32.2. The number of hydrogen-bond donors (Lipinski definition) is 1. The van der Waals surface area contributed by atoms with E-state index >= 15 is 0 Å². The molecule has 0 amide bonds. The van der Waals surface area contributed by atoms with Gasteiger partial charge in [0.25, 0.3) is 0 Å². The Morgan fingerprint density at radius 3 is 2.94 bits per heavy atom. The summed E-state index contributed by atoms with van der Waals surface area (Å²) in [5, 5.41) is 4.47. The summed E-state index contributed by atoms with van der Waals surface area (Å²) in [6.45, 7) is 3.27. The van der Waals surface area contributed by atoms with Crippen molar-refractivity contribution in [3.05, 3.63) is 24.2 Å². The van der Waals surface area contributed by atoms with Crippen molar-refractivity contribution in [2.24, 2.45) is 0 Å². The Bertz CT molecular complexity index is 293. The van der Waals surface area contributed by atoms with Crippen LogP contribution in [0.15, 0.2) is 22.8 Å². The molecule has 1 atom stereocenters. The van der Waals surface area contributed by atoms with Crippen LogP contribution in [0.2, 0.25) is 0 Å². The van der Waals surface area contributed by atoms with Crippen LogP contribution in [-0.4, -0.2) is 17.5 Å². The monoisotopic (exact) mass is 253 g/mol. The summed E-state index contributed by atoms with van der Waals surface area (Å²) >= 11 is 2.12. The second-order valence-corrected chi connectivity index (χ2v) is 6.10. The van der Waals surface area contributed by atoms with Gasteiger partial charge in [0, 0.05) is 11.0 Å². The van der Waals surface area contributed by atoms with E-state index in [1.807, 2.05) is 6.07 Å². The van der Waals surface area contributed by atoms with Gasteiger partial charge in [-0.25, -0.2) is 0 Å². The largest absolute Gasteiger partial charge is 0.468 e. The van der Waals surface area contributed by atoms with E-state index < -0.39 is 0 Å². The molecule has 0 bridgehead atoms. The van der Waals surface area contributed by atoms with Gasteiger partial charge in [0.05, 0.1) is 12.3 Å². The maximum atomic E-state index is 5.53. The molecule has 3 heteroatoms. The standard InChI is InChI=1S/C14H23NOS/c1-2-9-15-13(14-8-5-10-16-14)11-17-12-6-3-4-7-12/h5,8,10,12-13,15H,2-4,6-7,9,11H2,1H3. The van der Waals surface area contributed by atoms with Crippen molar-refractivity contribution in [3.63, 3.8) is 0 Å². The Labute approximate surface area is 109 Å². The van der Waals surface area contributed by atoms with Crippen LogP contribution >= 0.6 is 11.8 Å². The van der Waals surface area contributed by atoms with Crippen molar-refractivity contribution in [1.29, 1.82) is 0 Å². The molecule has 0 saturated heterocycles. The van der Waals surface area contributed by atoms with Gasteiger partial charge in [0.2, 0.25) is 0 Å². The lowest BCUT2D eigenvalue weighted by Crippen LogP contribution is -2.24. The van der Waals surface area contributed by atoms with Gasteiger partial charge in [-0.05, 0) is 37.9 Å². The number of nitrogens with one attached hydrogen (secondary N) is 1. The molecule has 1 fully saturated rings. The van der Waals surface area contributed by atoms with Crippen molar-refractivity contribution in [2.45, 2.75) is 50.3 Å². The smallest absolute Gasteiger partial charge is 0.121 e. The minimum atomic E-state index is 0.385. The molecular weight excluding hydrogens is 230 g/mol. The van der Waals surface area contributed by atoms with Gasteiger partial charge in [-0.3, -0.25) is 0 Å². The average Bonchev–Trinajstić information content (AvgIpc) is 3.01. The Hall–Kier alpha value is -0.410. The third-order valence-electron chi connectivity index (χ3n) is 3.33. The van der Waals surface area contributed by atoms with Crippen LogP contribution in [0.5, 0.6) is 0 Å². The van der Waals surface area contributed by atoms with Gasteiger partial charge in [-0.15, -0.1) is 0 Å². The summed E-state index contributed by atoms with van der Waals surface area (Å²) in [5.74, 6) is 2.22. The molecule has 0 radical (unpaired) electrons. The van der Waals surface area contributed by atoms with E-state index in [1.54, 1.807) is 6.26 Å². The molecular formula is C14H23NOS. The van der Waals surface area contributed by atoms with Crippen LogP contribution < -0.4 is 5.32 Å². The van der Waals surface area contributed by atoms with E-state index in [2.05, 4.69) is 30.1 Å². The van der Waals surface area contributed by atoms with Crippen LogP contribution in [0.1, 0.15) is 50.8 Å². The summed E-state index contributed by atoms with van der Waals surface area (Å²) < 4.78 is 5.53. The molecule has 0 aromatic carbocycles. The summed E-state index contributed by atoms with van der Waals surface area (Å²) in [6, 6.07) is 4.45. The van der Waals surface area contributed by atoms with Crippen LogP contribution in [0.4, 0.5) is 0 Å². The molecule has 1 aromatic heterocycles. The van der Waals surface area contributed by atoms with Gasteiger partial charge >= 0.3 is 0 Å². The molecule has 0 spiro atoms. The Balaban J connectivity index is 1.82. The molecule has 1 unspecified atom stereocenters. The Morgan fingerprint density at radius 1 is 1.47 bits per heavy atom. The first-order valence-electron chi connectivity index (χ1n) is 6.78. The van der Waals surface area contributed by atoms with E-state index in [1.165, 1.54) is 32.1 Å². The highest BCUT2D eigenvalue weighted by molar-refractivity contribution is 7.99. The SMILES string of the molecule is CCCNC(CSC1CCCC1)c1ccco1. The summed E-state index contributed by atoms with van der Waals surface area (Å²) in [4.78, 5) is 0. The molecule has 1 N–H and O–H groups in total. The normalized spacial score (nSPS) is 18.6. The fraction of sp³-hybridized carbons (Fsp3) is 0.714. The van der Waals surface area contributed by atoms with Crippen LogP contribution in [-0.2, 0) is 0 Å². The lowest BCUT2D eigenvalue weighted by molar-refractivity contribution is 0.435. The van der Waals surface area contributed by atoms with E-state index in [0.717, 1.165) is 23.3 Å². The maximum Gasteiger partial charge on any atom is 0.121 e. The van der Waals surface area contributed by atoms with Crippen molar-refractivity contribution in [1.82, 2.24) is 5.32 Å². The number of rotatable bonds is 7. The van der Waals surface area contributed by atoms with Gasteiger partial charge in [-0.1, -0.05) is 19.8 Å².